The summed E-state index contributed by atoms with van der Waals surface area (Å²) in [7, 11) is 0. The van der Waals surface area contributed by atoms with Gasteiger partial charge in [-0.05, 0) is 60.9 Å². The first kappa shape index (κ1) is 20.4. The number of halogens is 1. The van der Waals surface area contributed by atoms with Gasteiger partial charge in [0.25, 0.3) is 5.56 Å². The van der Waals surface area contributed by atoms with Crippen LogP contribution >= 0.6 is 23.4 Å². The monoisotopic (exact) mass is 438 g/mol. The number of hydrogen-bond donors (Lipinski definition) is 0. The summed E-state index contributed by atoms with van der Waals surface area (Å²) in [5.74, 6) is 0.459. The van der Waals surface area contributed by atoms with Gasteiger partial charge in [0.1, 0.15) is 5.58 Å². The van der Waals surface area contributed by atoms with Crippen LogP contribution in [0.25, 0.3) is 21.9 Å². The van der Waals surface area contributed by atoms with Crippen molar-refractivity contribution in [2.75, 3.05) is 0 Å². The predicted octanol–water partition coefficient (Wildman–Crippen LogP) is 5.25. The number of nitrogens with zero attached hydrogens (tertiary/aromatic N) is 2. The van der Waals surface area contributed by atoms with Crippen molar-refractivity contribution in [3.63, 3.8) is 0 Å². The first-order valence-corrected chi connectivity index (χ1v) is 10.7. The Labute approximate surface area is 182 Å². The molecule has 0 unspecified atom stereocenters. The number of allylic oxidation sites excluding steroid dienone is 1. The molecule has 0 saturated carbocycles. The average molecular weight is 439 g/mol. The van der Waals surface area contributed by atoms with Crippen LogP contribution in [0.3, 0.4) is 0 Å². The summed E-state index contributed by atoms with van der Waals surface area (Å²) in [4.78, 5) is 29.7. The summed E-state index contributed by atoms with van der Waals surface area (Å²) in [6.45, 7) is 8.09. The van der Waals surface area contributed by atoms with Gasteiger partial charge in [-0.25, -0.2) is 9.78 Å². The van der Waals surface area contributed by atoms with Gasteiger partial charge in [-0.15, -0.1) is 6.58 Å². The molecule has 0 aliphatic heterocycles. The van der Waals surface area contributed by atoms with Crippen molar-refractivity contribution in [1.29, 1.82) is 0 Å². The number of hydrogen-bond acceptors (Lipinski definition) is 5. The van der Waals surface area contributed by atoms with Gasteiger partial charge in [-0.3, -0.25) is 9.36 Å². The molecule has 4 aromatic rings. The van der Waals surface area contributed by atoms with Gasteiger partial charge in [0.2, 0.25) is 0 Å². The summed E-state index contributed by atoms with van der Waals surface area (Å²) < 4.78 is 6.96. The lowest BCUT2D eigenvalue weighted by molar-refractivity contribution is 0.559. The van der Waals surface area contributed by atoms with Gasteiger partial charge in [0.05, 0.1) is 10.9 Å². The fraction of sp³-hybridized carbons (Fsp3) is 0.174. The molecule has 0 aliphatic carbocycles. The van der Waals surface area contributed by atoms with E-state index in [1.165, 1.54) is 17.8 Å². The number of aryl methyl sites for hydroxylation is 2. The van der Waals surface area contributed by atoms with E-state index in [-0.39, 0.29) is 5.56 Å². The van der Waals surface area contributed by atoms with E-state index in [2.05, 4.69) is 11.6 Å². The van der Waals surface area contributed by atoms with E-state index >= 15 is 0 Å². The maximum Gasteiger partial charge on any atom is 0.336 e. The van der Waals surface area contributed by atoms with E-state index in [4.69, 9.17) is 16.0 Å². The highest BCUT2D eigenvalue weighted by molar-refractivity contribution is 7.98. The minimum atomic E-state index is -0.400. The fourth-order valence-corrected chi connectivity index (χ4v) is 4.48. The molecule has 2 heterocycles. The van der Waals surface area contributed by atoms with E-state index in [0.717, 1.165) is 22.1 Å². The van der Waals surface area contributed by atoms with E-state index in [1.807, 2.05) is 26.0 Å². The van der Waals surface area contributed by atoms with Crippen LogP contribution in [0.5, 0.6) is 0 Å². The van der Waals surface area contributed by atoms with Crippen LogP contribution in [-0.4, -0.2) is 9.55 Å². The molecule has 7 heteroatoms. The van der Waals surface area contributed by atoms with Crippen molar-refractivity contribution in [3.8, 4) is 0 Å². The molecule has 152 valence electrons. The zero-order valence-corrected chi connectivity index (χ0v) is 18.1. The van der Waals surface area contributed by atoms with Crippen molar-refractivity contribution < 1.29 is 4.42 Å². The Kier molecular flexibility index (Phi) is 5.54. The quantitative estimate of drug-likeness (QED) is 0.184. The average Bonchev–Trinajstić information content (AvgIpc) is 2.69. The Balaban J connectivity index is 1.81. The predicted molar refractivity (Wildman–Crippen MR) is 123 cm³/mol. The van der Waals surface area contributed by atoms with Crippen LogP contribution in [-0.2, 0) is 12.3 Å². The summed E-state index contributed by atoms with van der Waals surface area (Å²) in [6.07, 6.45) is 1.66. The van der Waals surface area contributed by atoms with Crippen LogP contribution in [0, 0.1) is 13.8 Å². The highest BCUT2D eigenvalue weighted by atomic mass is 35.5. The van der Waals surface area contributed by atoms with Crippen molar-refractivity contribution in [2.45, 2.75) is 31.3 Å². The Bertz CT molecular complexity index is 1420. The third-order valence-corrected chi connectivity index (χ3v) is 6.26. The minimum absolute atomic E-state index is 0.150. The SMILES string of the molecule is C=CCn1c(SCc2cc(=O)oc3cc(C)c(C)cc23)nc2cc(Cl)ccc2c1=O. The number of rotatable bonds is 5. The molecule has 0 atom stereocenters. The summed E-state index contributed by atoms with van der Waals surface area (Å²) in [5.41, 5.74) is 3.56. The fourth-order valence-electron chi connectivity index (χ4n) is 3.32. The Morgan fingerprint density at radius 2 is 1.90 bits per heavy atom. The summed E-state index contributed by atoms with van der Waals surface area (Å²) in [5, 5.41) is 2.44. The lowest BCUT2D eigenvalue weighted by Gasteiger charge is -2.12. The van der Waals surface area contributed by atoms with Crippen molar-refractivity contribution >= 4 is 45.2 Å². The van der Waals surface area contributed by atoms with Gasteiger partial charge in [-0.2, -0.15) is 0 Å². The van der Waals surface area contributed by atoms with Gasteiger partial charge in [0.15, 0.2) is 5.16 Å². The molecule has 0 saturated heterocycles. The molecular weight excluding hydrogens is 420 g/mol. The van der Waals surface area contributed by atoms with E-state index in [0.29, 0.717) is 39.0 Å². The highest BCUT2D eigenvalue weighted by Gasteiger charge is 2.14. The zero-order chi connectivity index (χ0) is 21.4. The molecule has 0 N–H and O–H groups in total. The van der Waals surface area contributed by atoms with E-state index in [1.54, 1.807) is 28.8 Å². The number of thioether (sulfide) groups is 1. The van der Waals surface area contributed by atoms with Gasteiger partial charge in [0, 0.05) is 28.8 Å². The van der Waals surface area contributed by atoms with Crippen LogP contribution in [0.4, 0.5) is 0 Å². The number of fused-ring (bicyclic) bond motifs is 2. The first-order chi connectivity index (χ1) is 14.4. The maximum atomic E-state index is 13.0. The van der Waals surface area contributed by atoms with Crippen molar-refractivity contribution in [1.82, 2.24) is 9.55 Å². The largest absolute Gasteiger partial charge is 0.423 e. The smallest absolute Gasteiger partial charge is 0.336 e. The highest BCUT2D eigenvalue weighted by Crippen LogP contribution is 2.28. The van der Waals surface area contributed by atoms with Crippen molar-refractivity contribution in [3.05, 3.63) is 91.5 Å². The molecule has 0 fully saturated rings. The van der Waals surface area contributed by atoms with Crippen LogP contribution in [0.1, 0.15) is 16.7 Å². The first-order valence-electron chi connectivity index (χ1n) is 9.35. The lowest BCUT2D eigenvalue weighted by Crippen LogP contribution is -2.22. The molecule has 4 rings (SSSR count). The second-order valence-corrected chi connectivity index (χ2v) is 8.45. The van der Waals surface area contributed by atoms with Crippen LogP contribution in [0.2, 0.25) is 5.02 Å². The molecule has 0 spiro atoms. The van der Waals surface area contributed by atoms with Crippen molar-refractivity contribution in [2.24, 2.45) is 0 Å². The van der Waals surface area contributed by atoms with Gasteiger partial charge >= 0.3 is 5.63 Å². The Hall–Kier alpha value is -2.83. The molecule has 0 amide bonds. The second kappa shape index (κ2) is 8.13. The molecule has 2 aromatic heterocycles. The van der Waals surface area contributed by atoms with Crippen LogP contribution < -0.4 is 11.2 Å². The normalized spacial score (nSPS) is 11.3. The molecule has 0 radical (unpaired) electrons. The molecule has 0 aliphatic rings. The number of aromatic nitrogens is 2. The summed E-state index contributed by atoms with van der Waals surface area (Å²) >= 11 is 7.48. The lowest BCUT2D eigenvalue weighted by atomic mass is 10.0. The van der Waals surface area contributed by atoms with E-state index < -0.39 is 5.63 Å². The zero-order valence-electron chi connectivity index (χ0n) is 16.6. The molecule has 0 bridgehead atoms. The number of benzene rings is 2. The molecule has 2 aromatic carbocycles. The van der Waals surface area contributed by atoms with Gasteiger partial charge < -0.3 is 4.42 Å². The maximum absolute atomic E-state index is 13.0. The molecule has 30 heavy (non-hydrogen) atoms. The Morgan fingerprint density at radius 1 is 1.13 bits per heavy atom. The van der Waals surface area contributed by atoms with E-state index in [9.17, 15) is 9.59 Å². The van der Waals surface area contributed by atoms with Crippen LogP contribution in [0.15, 0.2) is 68.2 Å². The molecular formula is C23H19ClN2O3S. The summed E-state index contributed by atoms with van der Waals surface area (Å²) in [6, 6.07) is 10.4. The third kappa shape index (κ3) is 3.80. The molecule has 5 nitrogen and oxygen atoms in total. The van der Waals surface area contributed by atoms with Gasteiger partial charge in [-0.1, -0.05) is 29.4 Å². The topological polar surface area (TPSA) is 65.1 Å². The third-order valence-electron chi connectivity index (χ3n) is 5.00. The standard InChI is InChI=1S/C23H19ClN2O3S/c1-4-7-26-22(28)17-6-5-16(24)11-19(17)25-23(26)30-12-15-10-21(27)29-20-9-14(3)13(2)8-18(15)20/h4-6,8-11H,1,7,12H2,2-3H3. The Morgan fingerprint density at radius 3 is 2.67 bits per heavy atom. The minimum Gasteiger partial charge on any atom is -0.423 e. The second-order valence-electron chi connectivity index (χ2n) is 7.07.